The molecule has 3 rings (SSSR count). The van der Waals surface area contributed by atoms with Crippen molar-refractivity contribution >= 4 is 11.4 Å². The van der Waals surface area contributed by atoms with Gasteiger partial charge in [-0.25, -0.2) is 0 Å². The van der Waals surface area contributed by atoms with Gasteiger partial charge < -0.3 is 4.74 Å². The second-order valence-corrected chi connectivity index (χ2v) is 6.10. The van der Waals surface area contributed by atoms with Crippen LogP contribution in [0.25, 0.3) is 5.57 Å². The van der Waals surface area contributed by atoms with Crippen LogP contribution in [-0.4, -0.2) is 5.78 Å². The summed E-state index contributed by atoms with van der Waals surface area (Å²) in [4.78, 5) is 12.4. The molecule has 0 amide bonds. The Kier molecular flexibility index (Phi) is 2.63. The fraction of sp³-hybridized carbons (Fsp3) is 0.353. The lowest BCUT2D eigenvalue weighted by molar-refractivity contribution is -0.116. The van der Waals surface area contributed by atoms with Crippen LogP contribution >= 0.6 is 0 Å². The van der Waals surface area contributed by atoms with E-state index in [4.69, 9.17) is 4.74 Å². The molecular weight excluding hydrogens is 236 g/mol. The Hall–Kier alpha value is -1.83. The van der Waals surface area contributed by atoms with Crippen LogP contribution in [-0.2, 0) is 9.53 Å². The number of fused-ring (bicyclic) bond motifs is 2. The molecule has 1 aromatic carbocycles. The van der Waals surface area contributed by atoms with Crippen molar-refractivity contribution in [3.05, 3.63) is 53.8 Å². The summed E-state index contributed by atoms with van der Waals surface area (Å²) in [5, 5.41) is 0. The molecule has 1 aliphatic heterocycles. The van der Waals surface area contributed by atoms with Gasteiger partial charge in [-0.2, -0.15) is 0 Å². The van der Waals surface area contributed by atoms with Gasteiger partial charge in [0.15, 0.2) is 5.78 Å². The van der Waals surface area contributed by atoms with E-state index in [0.29, 0.717) is 6.42 Å². The first-order valence-corrected chi connectivity index (χ1v) is 6.67. The van der Waals surface area contributed by atoms with Crippen molar-refractivity contribution in [2.75, 3.05) is 0 Å². The van der Waals surface area contributed by atoms with Crippen LogP contribution in [0.15, 0.2) is 42.7 Å². The minimum atomic E-state index is -0.142. The molecule has 1 aliphatic carbocycles. The van der Waals surface area contributed by atoms with E-state index in [2.05, 4.69) is 20.4 Å². The molecule has 0 spiro atoms. The van der Waals surface area contributed by atoms with Crippen LogP contribution in [0.1, 0.15) is 43.9 Å². The summed E-state index contributed by atoms with van der Waals surface area (Å²) in [6, 6.07) is 7.97. The number of rotatable bonds is 1. The van der Waals surface area contributed by atoms with Crippen LogP contribution in [0.2, 0.25) is 0 Å². The standard InChI is InChI=1S/C17H18O2/c1-4-14-11-7-5-6-8-12(11)16-13(18)9-17(2,3)10-15(16)19-14/h4-8,14H,1,9-10H2,2-3H3. The van der Waals surface area contributed by atoms with Gasteiger partial charge in [-0.3, -0.25) is 4.79 Å². The molecule has 1 aromatic rings. The number of ketones is 1. The Morgan fingerprint density at radius 2 is 2.05 bits per heavy atom. The van der Waals surface area contributed by atoms with Crippen molar-refractivity contribution < 1.29 is 9.53 Å². The summed E-state index contributed by atoms with van der Waals surface area (Å²) in [6.07, 6.45) is 3.06. The second kappa shape index (κ2) is 4.09. The maximum Gasteiger partial charge on any atom is 0.167 e. The van der Waals surface area contributed by atoms with Gasteiger partial charge in [0, 0.05) is 18.4 Å². The maximum absolute atomic E-state index is 12.4. The van der Waals surface area contributed by atoms with E-state index >= 15 is 0 Å². The summed E-state index contributed by atoms with van der Waals surface area (Å²) >= 11 is 0. The van der Waals surface area contributed by atoms with Crippen LogP contribution in [0.3, 0.4) is 0 Å². The number of carbonyl (C=O) groups is 1. The molecule has 2 heteroatoms. The highest BCUT2D eigenvalue weighted by molar-refractivity contribution is 6.23. The molecule has 0 N–H and O–H groups in total. The number of allylic oxidation sites excluding steroid dienone is 2. The predicted octanol–water partition coefficient (Wildman–Crippen LogP) is 4.04. The monoisotopic (exact) mass is 254 g/mol. The van der Waals surface area contributed by atoms with Crippen molar-refractivity contribution in [2.24, 2.45) is 5.41 Å². The minimum absolute atomic E-state index is 0.0199. The third-order valence-electron chi connectivity index (χ3n) is 3.86. The molecule has 1 atom stereocenters. The molecule has 1 unspecified atom stereocenters. The van der Waals surface area contributed by atoms with Gasteiger partial charge in [-0.1, -0.05) is 44.7 Å². The molecule has 0 fully saturated rings. The minimum Gasteiger partial charge on any atom is -0.485 e. The van der Waals surface area contributed by atoms with Crippen LogP contribution in [0.4, 0.5) is 0 Å². The summed E-state index contributed by atoms with van der Waals surface area (Å²) in [5.41, 5.74) is 2.83. The van der Waals surface area contributed by atoms with E-state index in [9.17, 15) is 4.79 Å². The first kappa shape index (κ1) is 12.2. The average molecular weight is 254 g/mol. The highest BCUT2D eigenvalue weighted by atomic mass is 16.5. The molecule has 2 aliphatic rings. The van der Waals surface area contributed by atoms with Gasteiger partial charge in [0.2, 0.25) is 0 Å². The molecule has 98 valence electrons. The zero-order valence-electron chi connectivity index (χ0n) is 11.4. The number of hydrogen-bond donors (Lipinski definition) is 0. The fourth-order valence-electron chi connectivity index (χ4n) is 3.03. The Bertz CT molecular complexity index is 593. The predicted molar refractivity (Wildman–Crippen MR) is 75.4 cm³/mol. The first-order chi connectivity index (χ1) is 9.02. The second-order valence-electron chi connectivity index (χ2n) is 6.10. The molecule has 0 saturated carbocycles. The lowest BCUT2D eigenvalue weighted by Crippen LogP contribution is -2.29. The summed E-state index contributed by atoms with van der Waals surface area (Å²) in [7, 11) is 0. The van der Waals surface area contributed by atoms with Crippen molar-refractivity contribution in [2.45, 2.75) is 32.8 Å². The van der Waals surface area contributed by atoms with E-state index in [1.54, 1.807) is 6.08 Å². The van der Waals surface area contributed by atoms with Gasteiger partial charge in [-0.15, -0.1) is 0 Å². The quantitative estimate of drug-likeness (QED) is 0.707. The number of carbonyl (C=O) groups excluding carboxylic acids is 1. The number of ether oxygens (including phenoxy) is 1. The maximum atomic E-state index is 12.4. The van der Waals surface area contributed by atoms with E-state index in [0.717, 1.165) is 28.9 Å². The van der Waals surface area contributed by atoms with E-state index < -0.39 is 0 Å². The lowest BCUT2D eigenvalue weighted by Gasteiger charge is -2.37. The van der Waals surface area contributed by atoms with Crippen molar-refractivity contribution in [1.29, 1.82) is 0 Å². The smallest absolute Gasteiger partial charge is 0.167 e. The molecule has 2 nitrogen and oxygen atoms in total. The third-order valence-corrected chi connectivity index (χ3v) is 3.86. The average Bonchev–Trinajstić information content (AvgIpc) is 2.35. The highest BCUT2D eigenvalue weighted by Gasteiger charge is 2.38. The normalized spacial score (nSPS) is 24.3. The van der Waals surface area contributed by atoms with Gasteiger partial charge in [0.05, 0.1) is 5.57 Å². The van der Waals surface area contributed by atoms with Crippen LogP contribution < -0.4 is 0 Å². The van der Waals surface area contributed by atoms with Crippen molar-refractivity contribution in [3.8, 4) is 0 Å². The van der Waals surface area contributed by atoms with Gasteiger partial charge in [0.1, 0.15) is 11.9 Å². The van der Waals surface area contributed by atoms with Gasteiger partial charge in [-0.05, 0) is 17.1 Å². The number of hydrogen-bond acceptors (Lipinski definition) is 2. The Labute approximate surface area is 113 Å². The summed E-state index contributed by atoms with van der Waals surface area (Å²) in [6.45, 7) is 8.07. The zero-order valence-corrected chi connectivity index (χ0v) is 11.4. The Morgan fingerprint density at radius 1 is 1.32 bits per heavy atom. The zero-order chi connectivity index (χ0) is 13.6. The molecular formula is C17H18O2. The number of Topliss-reactive ketones (excluding diaryl/α,β-unsaturated/α-hetero) is 1. The molecule has 0 saturated heterocycles. The van der Waals surface area contributed by atoms with Crippen LogP contribution in [0.5, 0.6) is 0 Å². The van der Waals surface area contributed by atoms with Crippen molar-refractivity contribution in [1.82, 2.24) is 0 Å². The van der Waals surface area contributed by atoms with Gasteiger partial charge in [0.25, 0.3) is 0 Å². The SMILES string of the molecule is C=CC1OC2=C(C(=O)CC(C)(C)C2)c2ccccc21. The largest absolute Gasteiger partial charge is 0.485 e. The van der Waals surface area contributed by atoms with E-state index in [1.807, 2.05) is 24.3 Å². The van der Waals surface area contributed by atoms with E-state index in [1.165, 1.54) is 0 Å². The molecule has 0 aromatic heterocycles. The number of benzene rings is 1. The highest BCUT2D eigenvalue weighted by Crippen LogP contribution is 2.47. The summed E-state index contributed by atoms with van der Waals surface area (Å²) in [5.74, 6) is 1.03. The third kappa shape index (κ3) is 1.92. The first-order valence-electron chi connectivity index (χ1n) is 6.67. The lowest BCUT2D eigenvalue weighted by atomic mass is 9.73. The van der Waals surface area contributed by atoms with Crippen LogP contribution in [0, 0.1) is 5.41 Å². The van der Waals surface area contributed by atoms with Crippen molar-refractivity contribution in [3.63, 3.8) is 0 Å². The fourth-order valence-corrected chi connectivity index (χ4v) is 3.03. The Morgan fingerprint density at radius 3 is 2.79 bits per heavy atom. The summed E-state index contributed by atoms with van der Waals surface area (Å²) < 4.78 is 6.01. The molecule has 19 heavy (non-hydrogen) atoms. The van der Waals surface area contributed by atoms with E-state index in [-0.39, 0.29) is 17.3 Å². The molecule has 1 heterocycles. The Balaban J connectivity index is 2.19. The topological polar surface area (TPSA) is 26.3 Å². The molecule has 0 bridgehead atoms. The molecule has 0 radical (unpaired) electrons. The van der Waals surface area contributed by atoms with Gasteiger partial charge >= 0.3 is 0 Å².